The Morgan fingerprint density at radius 3 is 2.23 bits per heavy atom. The summed E-state index contributed by atoms with van der Waals surface area (Å²) in [6, 6.07) is 0.666. The lowest BCUT2D eigenvalue weighted by Crippen LogP contribution is -2.09. The Kier molecular flexibility index (Phi) is 4.23. The summed E-state index contributed by atoms with van der Waals surface area (Å²) in [4.78, 5) is 0. The topological polar surface area (TPSA) is 26.0 Å². The molecule has 1 nitrogen and oxygen atoms in total. The van der Waals surface area contributed by atoms with Crippen LogP contribution in [0.15, 0.2) is 12.1 Å². The molecule has 0 radical (unpaired) electrons. The van der Waals surface area contributed by atoms with E-state index in [4.69, 9.17) is 5.73 Å². The van der Waals surface area contributed by atoms with Gasteiger partial charge in [0.25, 0.3) is 0 Å². The van der Waals surface area contributed by atoms with Crippen LogP contribution in [-0.2, 0) is 0 Å². The van der Waals surface area contributed by atoms with Crippen LogP contribution in [0.4, 0.5) is 13.2 Å². The van der Waals surface area contributed by atoms with Gasteiger partial charge in [-0.05, 0) is 13.0 Å². The molecule has 0 heterocycles. The Morgan fingerprint density at radius 1 is 1.23 bits per heavy atom. The maximum atomic E-state index is 12.8. The standard InChI is InChI=1S/C8H8F3N.ClH/c1-4(12)6-2-5(9)3-7(10)8(6)11;/h2-4H,12H2,1H3;1H/t4-;/m0./s1. The fourth-order valence-corrected chi connectivity index (χ4v) is 0.907. The summed E-state index contributed by atoms with van der Waals surface area (Å²) in [6.45, 7) is 1.46. The molecule has 0 saturated carbocycles. The van der Waals surface area contributed by atoms with Gasteiger partial charge < -0.3 is 5.73 Å². The van der Waals surface area contributed by atoms with Gasteiger partial charge in [0, 0.05) is 17.7 Å². The Bertz CT molecular complexity index is 302. The van der Waals surface area contributed by atoms with Gasteiger partial charge in [-0.15, -0.1) is 12.4 Å². The molecule has 1 atom stereocenters. The minimum atomic E-state index is -1.21. The van der Waals surface area contributed by atoms with Crippen molar-refractivity contribution in [1.29, 1.82) is 0 Å². The summed E-state index contributed by atoms with van der Waals surface area (Å²) in [5.74, 6) is -3.10. The second-order valence-corrected chi connectivity index (χ2v) is 2.58. The molecule has 1 rings (SSSR count). The molecule has 0 fully saturated rings. The van der Waals surface area contributed by atoms with E-state index in [0.717, 1.165) is 6.07 Å². The third kappa shape index (κ3) is 2.60. The van der Waals surface area contributed by atoms with Crippen molar-refractivity contribution >= 4 is 12.4 Å². The van der Waals surface area contributed by atoms with E-state index in [-0.39, 0.29) is 18.0 Å². The second-order valence-electron chi connectivity index (χ2n) is 2.58. The van der Waals surface area contributed by atoms with Gasteiger partial charge in [0.15, 0.2) is 11.6 Å². The van der Waals surface area contributed by atoms with Gasteiger partial charge in [-0.1, -0.05) is 0 Å². The summed E-state index contributed by atoms with van der Waals surface area (Å²) in [5.41, 5.74) is 5.13. The van der Waals surface area contributed by atoms with Crippen LogP contribution in [0.2, 0.25) is 0 Å². The van der Waals surface area contributed by atoms with E-state index in [9.17, 15) is 13.2 Å². The minimum Gasteiger partial charge on any atom is -0.324 e. The van der Waals surface area contributed by atoms with Crippen molar-refractivity contribution in [2.24, 2.45) is 5.73 Å². The van der Waals surface area contributed by atoms with E-state index in [1.807, 2.05) is 0 Å². The highest BCUT2D eigenvalue weighted by Crippen LogP contribution is 2.18. The Hall–Kier alpha value is -0.740. The molecular weight excluding hydrogens is 203 g/mol. The molecule has 1 aromatic carbocycles. The zero-order valence-electron chi connectivity index (χ0n) is 6.85. The zero-order valence-corrected chi connectivity index (χ0v) is 7.67. The summed E-state index contributed by atoms with van der Waals surface area (Å²) in [5, 5.41) is 0. The van der Waals surface area contributed by atoms with Crippen LogP contribution in [0.3, 0.4) is 0 Å². The summed E-state index contributed by atoms with van der Waals surface area (Å²) < 4.78 is 37.8. The highest BCUT2D eigenvalue weighted by Gasteiger charge is 2.13. The predicted molar refractivity (Wildman–Crippen MR) is 46.2 cm³/mol. The average Bonchev–Trinajstić information content (AvgIpc) is 1.96. The number of halogens is 4. The summed E-state index contributed by atoms with van der Waals surface area (Å²) >= 11 is 0. The molecular formula is C8H9ClF3N. The normalized spacial score (nSPS) is 12.1. The number of nitrogens with two attached hydrogens (primary N) is 1. The van der Waals surface area contributed by atoms with Gasteiger partial charge in [-0.3, -0.25) is 0 Å². The molecule has 0 saturated heterocycles. The third-order valence-electron chi connectivity index (χ3n) is 1.51. The molecule has 2 N–H and O–H groups in total. The summed E-state index contributed by atoms with van der Waals surface area (Å²) in [6.07, 6.45) is 0. The van der Waals surface area contributed by atoms with Crippen LogP contribution >= 0.6 is 12.4 Å². The molecule has 1 aromatic rings. The average molecular weight is 212 g/mol. The maximum absolute atomic E-state index is 12.8. The maximum Gasteiger partial charge on any atom is 0.163 e. The molecule has 0 spiro atoms. The molecule has 13 heavy (non-hydrogen) atoms. The molecule has 0 aliphatic rings. The SMILES string of the molecule is C[C@H](N)c1cc(F)cc(F)c1F.Cl. The zero-order chi connectivity index (χ0) is 9.30. The number of hydrogen-bond acceptors (Lipinski definition) is 1. The molecule has 0 amide bonds. The fraction of sp³-hybridized carbons (Fsp3) is 0.250. The van der Waals surface area contributed by atoms with Gasteiger partial charge in [-0.25, -0.2) is 13.2 Å². The monoisotopic (exact) mass is 211 g/mol. The van der Waals surface area contributed by atoms with E-state index < -0.39 is 23.5 Å². The van der Waals surface area contributed by atoms with Crippen molar-refractivity contribution < 1.29 is 13.2 Å². The van der Waals surface area contributed by atoms with Crippen molar-refractivity contribution in [1.82, 2.24) is 0 Å². The van der Waals surface area contributed by atoms with Gasteiger partial charge in [-0.2, -0.15) is 0 Å². The molecule has 0 aliphatic carbocycles. The molecule has 0 aromatic heterocycles. The molecule has 0 unspecified atom stereocenters. The van der Waals surface area contributed by atoms with Crippen LogP contribution < -0.4 is 5.73 Å². The molecule has 5 heteroatoms. The van der Waals surface area contributed by atoms with Crippen LogP contribution in [0.1, 0.15) is 18.5 Å². The predicted octanol–water partition coefficient (Wildman–Crippen LogP) is 2.55. The van der Waals surface area contributed by atoms with E-state index in [2.05, 4.69) is 0 Å². The fourth-order valence-electron chi connectivity index (χ4n) is 0.907. The van der Waals surface area contributed by atoms with E-state index >= 15 is 0 Å². The summed E-state index contributed by atoms with van der Waals surface area (Å²) in [7, 11) is 0. The largest absolute Gasteiger partial charge is 0.324 e. The first-order chi connectivity index (χ1) is 5.52. The van der Waals surface area contributed by atoms with E-state index in [1.54, 1.807) is 0 Å². The van der Waals surface area contributed by atoms with E-state index in [0.29, 0.717) is 6.07 Å². The van der Waals surface area contributed by atoms with Crippen molar-refractivity contribution in [2.45, 2.75) is 13.0 Å². The first-order valence-electron chi connectivity index (χ1n) is 3.42. The van der Waals surface area contributed by atoms with Crippen molar-refractivity contribution in [2.75, 3.05) is 0 Å². The Labute approximate surface area is 80.2 Å². The first-order valence-corrected chi connectivity index (χ1v) is 3.42. The van der Waals surface area contributed by atoms with Crippen molar-refractivity contribution in [3.05, 3.63) is 35.1 Å². The van der Waals surface area contributed by atoms with Gasteiger partial charge in [0.2, 0.25) is 0 Å². The van der Waals surface area contributed by atoms with Gasteiger partial charge in [0.1, 0.15) is 5.82 Å². The quantitative estimate of drug-likeness (QED) is 0.710. The van der Waals surface area contributed by atoms with Crippen molar-refractivity contribution in [3.63, 3.8) is 0 Å². The van der Waals surface area contributed by atoms with Crippen LogP contribution in [0.25, 0.3) is 0 Å². The number of benzene rings is 1. The van der Waals surface area contributed by atoms with Crippen LogP contribution in [0, 0.1) is 17.5 Å². The Balaban J connectivity index is 0.00000144. The highest BCUT2D eigenvalue weighted by atomic mass is 35.5. The molecule has 74 valence electrons. The van der Waals surface area contributed by atoms with Crippen LogP contribution in [-0.4, -0.2) is 0 Å². The lowest BCUT2D eigenvalue weighted by atomic mass is 10.1. The van der Waals surface area contributed by atoms with Gasteiger partial charge >= 0.3 is 0 Å². The molecule has 0 bridgehead atoms. The lowest BCUT2D eigenvalue weighted by Gasteiger charge is -2.07. The third-order valence-corrected chi connectivity index (χ3v) is 1.51. The number of rotatable bonds is 1. The van der Waals surface area contributed by atoms with E-state index in [1.165, 1.54) is 6.92 Å². The Morgan fingerprint density at radius 2 is 1.77 bits per heavy atom. The highest BCUT2D eigenvalue weighted by molar-refractivity contribution is 5.85. The van der Waals surface area contributed by atoms with Crippen molar-refractivity contribution in [3.8, 4) is 0 Å². The van der Waals surface area contributed by atoms with Gasteiger partial charge in [0.05, 0.1) is 0 Å². The molecule has 0 aliphatic heterocycles. The minimum absolute atomic E-state index is 0. The number of hydrogen-bond donors (Lipinski definition) is 1. The lowest BCUT2D eigenvalue weighted by molar-refractivity contribution is 0.478. The second kappa shape index (κ2) is 4.48. The van der Waals surface area contributed by atoms with Crippen LogP contribution in [0.5, 0.6) is 0 Å². The first kappa shape index (κ1) is 12.3. The smallest absolute Gasteiger partial charge is 0.163 e.